The molecule has 174 valence electrons. The molecular weight excluding hydrogens is 414 g/mol. The molecule has 1 aromatic carbocycles. The summed E-state index contributed by atoms with van der Waals surface area (Å²) < 4.78 is 5.50. The zero-order valence-electron chi connectivity index (χ0n) is 19.4. The lowest BCUT2D eigenvalue weighted by Crippen LogP contribution is -2.61. The average molecular weight is 448 g/mol. The number of aliphatic imine (C=N–C) groups is 1. The van der Waals surface area contributed by atoms with Crippen molar-refractivity contribution in [1.29, 1.82) is 0 Å². The first kappa shape index (κ1) is 22.9. The number of benzene rings is 1. The van der Waals surface area contributed by atoms with Crippen molar-refractivity contribution in [2.24, 2.45) is 16.5 Å². The van der Waals surface area contributed by atoms with Crippen LogP contribution in [0.15, 0.2) is 53.2 Å². The Bertz CT molecular complexity index is 1020. The maximum absolute atomic E-state index is 6.02. The summed E-state index contributed by atoms with van der Waals surface area (Å²) in [6.07, 6.45) is 8.13. The number of hydrogen-bond acceptors (Lipinski definition) is 7. The summed E-state index contributed by atoms with van der Waals surface area (Å²) in [6, 6.07) is 12.5. The lowest BCUT2D eigenvalue weighted by molar-refractivity contribution is 0.0225. The molecule has 0 amide bonds. The van der Waals surface area contributed by atoms with Crippen molar-refractivity contribution >= 4 is 29.6 Å². The first-order chi connectivity index (χ1) is 16.0. The Kier molecular flexibility index (Phi) is 7.36. The van der Waals surface area contributed by atoms with Crippen molar-refractivity contribution in [3.63, 3.8) is 0 Å². The standard InChI is InChI=1S/C25H33N7O/c1-18(26)14-22(27)28-24-15-25(30-23(29-24)9-8-19-6-4-3-5-7-19)32-16-20(17-32)31-12-10-21(33-2)11-13-31/h3-9,14-15,20-21H,10-13,16-17,26H2,1-2H3,(H2,27,28,29,30)/b9-8+,18-14-. The lowest BCUT2D eigenvalue weighted by Gasteiger charge is -2.48. The second kappa shape index (κ2) is 10.6. The maximum atomic E-state index is 6.02. The maximum Gasteiger partial charge on any atom is 0.160 e. The first-order valence-corrected chi connectivity index (χ1v) is 11.4. The molecule has 0 radical (unpaired) electrons. The number of methoxy groups -OCH3 is 1. The van der Waals surface area contributed by atoms with Crippen molar-refractivity contribution in [2.75, 3.05) is 38.2 Å². The summed E-state index contributed by atoms with van der Waals surface area (Å²) in [5.74, 6) is 2.30. The van der Waals surface area contributed by atoms with Crippen LogP contribution in [0.3, 0.4) is 0 Å². The molecule has 3 heterocycles. The van der Waals surface area contributed by atoms with Crippen LogP contribution in [-0.2, 0) is 4.74 Å². The first-order valence-electron chi connectivity index (χ1n) is 11.4. The highest BCUT2D eigenvalue weighted by Crippen LogP contribution is 2.27. The number of ether oxygens (including phenoxy) is 1. The molecule has 2 saturated heterocycles. The van der Waals surface area contributed by atoms with Gasteiger partial charge in [-0.05, 0) is 37.5 Å². The average Bonchev–Trinajstić information content (AvgIpc) is 2.77. The molecule has 2 aliphatic heterocycles. The van der Waals surface area contributed by atoms with Crippen LogP contribution in [-0.4, -0.2) is 66.1 Å². The second-order valence-corrected chi connectivity index (χ2v) is 8.64. The van der Waals surface area contributed by atoms with Gasteiger partial charge in [-0.15, -0.1) is 0 Å². The molecule has 2 aliphatic rings. The van der Waals surface area contributed by atoms with E-state index >= 15 is 0 Å². The highest BCUT2D eigenvalue weighted by Gasteiger charge is 2.34. The topological polar surface area (TPSA) is 106 Å². The summed E-state index contributed by atoms with van der Waals surface area (Å²) >= 11 is 0. The highest BCUT2D eigenvalue weighted by molar-refractivity contribution is 5.93. The zero-order valence-corrected chi connectivity index (χ0v) is 19.4. The minimum Gasteiger partial charge on any atom is -0.402 e. The Balaban J connectivity index is 1.51. The summed E-state index contributed by atoms with van der Waals surface area (Å²) in [6.45, 7) is 5.83. The lowest BCUT2D eigenvalue weighted by atomic mass is 10.0. The Morgan fingerprint density at radius 2 is 1.82 bits per heavy atom. The molecule has 4 rings (SSSR count). The molecule has 1 aromatic heterocycles. The van der Waals surface area contributed by atoms with Crippen molar-refractivity contribution in [1.82, 2.24) is 14.9 Å². The molecule has 0 spiro atoms. The van der Waals surface area contributed by atoms with Crippen LogP contribution >= 0.6 is 0 Å². The summed E-state index contributed by atoms with van der Waals surface area (Å²) in [7, 11) is 1.81. The Morgan fingerprint density at radius 3 is 2.48 bits per heavy atom. The molecule has 33 heavy (non-hydrogen) atoms. The summed E-state index contributed by atoms with van der Waals surface area (Å²) in [4.78, 5) is 18.6. The molecule has 0 atom stereocenters. The van der Waals surface area contributed by atoms with Gasteiger partial charge in [-0.2, -0.15) is 0 Å². The van der Waals surface area contributed by atoms with E-state index in [2.05, 4.69) is 19.8 Å². The summed E-state index contributed by atoms with van der Waals surface area (Å²) in [5, 5.41) is 0. The van der Waals surface area contributed by atoms with Gasteiger partial charge in [0, 0.05) is 51.1 Å². The molecule has 0 aliphatic carbocycles. The van der Waals surface area contributed by atoms with E-state index in [-0.39, 0.29) is 0 Å². The van der Waals surface area contributed by atoms with Gasteiger partial charge in [-0.25, -0.2) is 15.0 Å². The fourth-order valence-corrected chi connectivity index (χ4v) is 4.22. The van der Waals surface area contributed by atoms with E-state index in [1.54, 1.807) is 13.0 Å². The molecule has 8 heteroatoms. The van der Waals surface area contributed by atoms with Crippen LogP contribution in [0.4, 0.5) is 11.6 Å². The number of piperidine rings is 1. The van der Waals surface area contributed by atoms with Gasteiger partial charge >= 0.3 is 0 Å². The summed E-state index contributed by atoms with van der Waals surface area (Å²) in [5.41, 5.74) is 13.4. The van der Waals surface area contributed by atoms with Gasteiger partial charge in [0.1, 0.15) is 11.7 Å². The number of aromatic nitrogens is 2. The SMILES string of the molecule is COC1CCN(C2CN(c3cc(N=C(N)/C=C(/C)N)nc(/C=C/c4ccccc4)n3)C2)CC1. The van der Waals surface area contributed by atoms with E-state index in [1.807, 2.05) is 55.7 Å². The monoisotopic (exact) mass is 447 g/mol. The van der Waals surface area contributed by atoms with E-state index < -0.39 is 0 Å². The molecular formula is C25H33N7O. The van der Waals surface area contributed by atoms with E-state index in [1.165, 1.54) is 0 Å². The number of likely N-dealkylation sites (tertiary alicyclic amines) is 1. The van der Waals surface area contributed by atoms with Gasteiger partial charge in [-0.3, -0.25) is 4.90 Å². The van der Waals surface area contributed by atoms with Crippen LogP contribution in [0.2, 0.25) is 0 Å². The zero-order chi connectivity index (χ0) is 23.2. The van der Waals surface area contributed by atoms with Gasteiger partial charge in [0.2, 0.25) is 0 Å². The fourth-order valence-electron chi connectivity index (χ4n) is 4.22. The van der Waals surface area contributed by atoms with Crippen LogP contribution in [0.25, 0.3) is 12.2 Å². The second-order valence-electron chi connectivity index (χ2n) is 8.64. The van der Waals surface area contributed by atoms with E-state index in [4.69, 9.17) is 21.2 Å². The predicted octanol–water partition coefficient (Wildman–Crippen LogP) is 2.80. The number of nitrogens with zero attached hydrogens (tertiary/aromatic N) is 5. The number of nitrogens with two attached hydrogens (primary N) is 2. The Morgan fingerprint density at radius 1 is 1.09 bits per heavy atom. The normalized spacial score (nSPS) is 19.3. The van der Waals surface area contributed by atoms with Crippen LogP contribution < -0.4 is 16.4 Å². The molecule has 0 saturated carbocycles. The molecule has 0 bridgehead atoms. The predicted molar refractivity (Wildman–Crippen MR) is 134 cm³/mol. The van der Waals surface area contributed by atoms with Gasteiger partial charge in [0.05, 0.1) is 6.10 Å². The molecule has 0 unspecified atom stereocenters. The number of anilines is 1. The number of rotatable bonds is 7. The van der Waals surface area contributed by atoms with Gasteiger partial charge < -0.3 is 21.1 Å². The van der Waals surface area contributed by atoms with Crippen molar-refractivity contribution in [2.45, 2.75) is 31.9 Å². The molecule has 4 N–H and O–H groups in total. The smallest absolute Gasteiger partial charge is 0.160 e. The van der Waals surface area contributed by atoms with Crippen molar-refractivity contribution < 1.29 is 4.74 Å². The minimum atomic E-state index is 0.320. The van der Waals surface area contributed by atoms with Crippen LogP contribution in [0.5, 0.6) is 0 Å². The number of allylic oxidation sites excluding steroid dienone is 1. The minimum absolute atomic E-state index is 0.320. The van der Waals surface area contributed by atoms with Crippen molar-refractivity contribution in [3.05, 3.63) is 59.6 Å². The quantitative estimate of drug-likeness (QED) is 0.497. The third kappa shape index (κ3) is 6.18. The van der Waals surface area contributed by atoms with E-state index in [0.29, 0.717) is 35.3 Å². The number of amidine groups is 1. The molecule has 8 nitrogen and oxygen atoms in total. The van der Waals surface area contributed by atoms with Gasteiger partial charge in [-0.1, -0.05) is 36.4 Å². The van der Waals surface area contributed by atoms with E-state index in [9.17, 15) is 0 Å². The largest absolute Gasteiger partial charge is 0.402 e. The third-order valence-electron chi connectivity index (χ3n) is 6.07. The van der Waals surface area contributed by atoms with Gasteiger partial charge in [0.15, 0.2) is 11.6 Å². The van der Waals surface area contributed by atoms with E-state index in [0.717, 1.165) is 50.4 Å². The van der Waals surface area contributed by atoms with Crippen molar-refractivity contribution in [3.8, 4) is 0 Å². The molecule has 2 fully saturated rings. The fraction of sp³-hybridized carbons (Fsp3) is 0.400. The van der Waals surface area contributed by atoms with Gasteiger partial charge in [0.25, 0.3) is 0 Å². The van der Waals surface area contributed by atoms with Crippen LogP contribution in [0, 0.1) is 0 Å². The highest BCUT2D eigenvalue weighted by atomic mass is 16.5. The number of hydrogen-bond donors (Lipinski definition) is 2. The third-order valence-corrected chi connectivity index (χ3v) is 6.07. The van der Waals surface area contributed by atoms with Crippen LogP contribution in [0.1, 0.15) is 31.2 Å². The Hall–Kier alpha value is -3.23. The Labute approximate surface area is 195 Å². The molecule has 2 aromatic rings.